The van der Waals surface area contributed by atoms with Gasteiger partial charge in [0.1, 0.15) is 28.8 Å². The van der Waals surface area contributed by atoms with Crippen LogP contribution in [0.4, 0.5) is 0 Å². The summed E-state index contributed by atoms with van der Waals surface area (Å²) in [5.41, 5.74) is 0. The van der Waals surface area contributed by atoms with E-state index in [1.165, 1.54) is 24.6 Å². The SMILES string of the molecule is COc1ccc(OC)c(S(=O)(=O)N2CCN(CCOc3ccccc3)CC2)c1. The van der Waals surface area contributed by atoms with Crippen LogP contribution in [-0.2, 0) is 10.0 Å². The van der Waals surface area contributed by atoms with Gasteiger partial charge in [-0.15, -0.1) is 0 Å². The molecule has 1 aliphatic rings. The minimum atomic E-state index is -3.65. The molecule has 0 atom stereocenters. The number of benzene rings is 2. The zero-order valence-electron chi connectivity index (χ0n) is 16.2. The van der Waals surface area contributed by atoms with Crippen molar-refractivity contribution in [1.82, 2.24) is 9.21 Å². The number of nitrogens with zero attached hydrogens (tertiary/aromatic N) is 2. The first-order valence-corrected chi connectivity index (χ1v) is 10.6. The van der Waals surface area contributed by atoms with Crippen molar-refractivity contribution in [2.75, 3.05) is 53.6 Å². The van der Waals surface area contributed by atoms with E-state index in [0.717, 1.165) is 12.3 Å². The quantitative estimate of drug-likeness (QED) is 0.669. The molecule has 8 heteroatoms. The molecule has 0 amide bonds. The van der Waals surface area contributed by atoms with Gasteiger partial charge in [0.25, 0.3) is 0 Å². The smallest absolute Gasteiger partial charge is 0.246 e. The Morgan fingerprint density at radius 3 is 2.25 bits per heavy atom. The zero-order valence-corrected chi connectivity index (χ0v) is 17.0. The number of sulfonamides is 1. The fourth-order valence-corrected chi connectivity index (χ4v) is 4.72. The van der Waals surface area contributed by atoms with Crippen molar-refractivity contribution < 1.29 is 22.6 Å². The maximum absolute atomic E-state index is 13.1. The van der Waals surface area contributed by atoms with Crippen molar-refractivity contribution in [3.05, 3.63) is 48.5 Å². The highest BCUT2D eigenvalue weighted by Crippen LogP contribution is 2.31. The zero-order chi connectivity index (χ0) is 20.0. The highest BCUT2D eigenvalue weighted by atomic mass is 32.2. The number of rotatable bonds is 8. The molecule has 1 fully saturated rings. The van der Waals surface area contributed by atoms with E-state index in [2.05, 4.69) is 4.90 Å². The highest BCUT2D eigenvalue weighted by Gasteiger charge is 2.31. The van der Waals surface area contributed by atoms with Gasteiger partial charge in [-0.05, 0) is 24.3 Å². The van der Waals surface area contributed by atoms with Gasteiger partial charge in [0.15, 0.2) is 0 Å². The Morgan fingerprint density at radius 2 is 1.61 bits per heavy atom. The van der Waals surface area contributed by atoms with Crippen molar-refractivity contribution in [1.29, 1.82) is 0 Å². The molecule has 7 nitrogen and oxygen atoms in total. The number of piperazine rings is 1. The fourth-order valence-electron chi connectivity index (χ4n) is 3.13. The number of hydrogen-bond donors (Lipinski definition) is 0. The summed E-state index contributed by atoms with van der Waals surface area (Å²) >= 11 is 0. The monoisotopic (exact) mass is 406 g/mol. The predicted octanol–water partition coefficient (Wildman–Crippen LogP) is 2.09. The summed E-state index contributed by atoms with van der Waals surface area (Å²) in [6.07, 6.45) is 0. The standard InChI is InChI=1S/C20H26N2O5S/c1-25-18-8-9-19(26-2)20(16-18)28(23,24)22-12-10-21(11-13-22)14-15-27-17-6-4-3-5-7-17/h3-9,16H,10-15H2,1-2H3. The maximum Gasteiger partial charge on any atom is 0.246 e. The first kappa shape index (κ1) is 20.4. The lowest BCUT2D eigenvalue weighted by Crippen LogP contribution is -2.49. The number of hydrogen-bond acceptors (Lipinski definition) is 6. The van der Waals surface area contributed by atoms with Gasteiger partial charge >= 0.3 is 0 Å². The van der Waals surface area contributed by atoms with Gasteiger partial charge in [0, 0.05) is 38.8 Å². The topological polar surface area (TPSA) is 68.3 Å². The summed E-state index contributed by atoms with van der Waals surface area (Å²) in [6, 6.07) is 14.5. The third-order valence-electron chi connectivity index (χ3n) is 4.74. The minimum Gasteiger partial charge on any atom is -0.497 e. The molecule has 0 aliphatic carbocycles. The van der Waals surface area contributed by atoms with Crippen LogP contribution in [0.2, 0.25) is 0 Å². The van der Waals surface area contributed by atoms with Gasteiger partial charge < -0.3 is 14.2 Å². The molecular weight excluding hydrogens is 380 g/mol. The molecule has 2 aromatic rings. The number of methoxy groups -OCH3 is 2. The van der Waals surface area contributed by atoms with Crippen LogP contribution in [0.5, 0.6) is 17.2 Å². The first-order valence-electron chi connectivity index (χ1n) is 9.17. The van der Waals surface area contributed by atoms with Crippen LogP contribution in [0.25, 0.3) is 0 Å². The van der Waals surface area contributed by atoms with Gasteiger partial charge in [-0.1, -0.05) is 18.2 Å². The molecule has 2 aromatic carbocycles. The van der Waals surface area contributed by atoms with Gasteiger partial charge in [0.05, 0.1) is 14.2 Å². The van der Waals surface area contributed by atoms with Crippen LogP contribution in [0.1, 0.15) is 0 Å². The number of ether oxygens (including phenoxy) is 3. The molecule has 0 bridgehead atoms. The molecule has 28 heavy (non-hydrogen) atoms. The summed E-state index contributed by atoms with van der Waals surface area (Å²) in [5.74, 6) is 1.64. The second kappa shape index (κ2) is 9.27. The van der Waals surface area contributed by atoms with E-state index in [0.29, 0.717) is 44.3 Å². The van der Waals surface area contributed by atoms with Crippen LogP contribution in [0.15, 0.2) is 53.4 Å². The molecule has 0 saturated carbocycles. The summed E-state index contributed by atoms with van der Waals surface area (Å²) in [7, 11) is -0.682. The van der Waals surface area contributed by atoms with E-state index in [9.17, 15) is 8.42 Å². The first-order chi connectivity index (χ1) is 13.5. The fraction of sp³-hybridized carbons (Fsp3) is 0.400. The number of para-hydroxylation sites is 1. The van der Waals surface area contributed by atoms with Crippen molar-refractivity contribution >= 4 is 10.0 Å². The van der Waals surface area contributed by atoms with E-state index >= 15 is 0 Å². The van der Waals surface area contributed by atoms with E-state index in [1.807, 2.05) is 30.3 Å². The van der Waals surface area contributed by atoms with Crippen molar-refractivity contribution in [3.63, 3.8) is 0 Å². The summed E-state index contributed by atoms with van der Waals surface area (Å²) < 4.78 is 43.8. The molecule has 1 heterocycles. The Bertz CT molecular complexity index is 865. The van der Waals surface area contributed by atoms with Crippen molar-refractivity contribution in [2.45, 2.75) is 4.90 Å². The normalized spacial score (nSPS) is 15.9. The molecule has 1 saturated heterocycles. The Balaban J connectivity index is 1.58. The largest absolute Gasteiger partial charge is 0.497 e. The lowest BCUT2D eigenvalue weighted by atomic mass is 10.3. The van der Waals surface area contributed by atoms with E-state index in [-0.39, 0.29) is 4.90 Å². The molecule has 0 spiro atoms. The van der Waals surface area contributed by atoms with Crippen molar-refractivity contribution in [2.24, 2.45) is 0 Å². The van der Waals surface area contributed by atoms with Gasteiger partial charge in [0.2, 0.25) is 10.0 Å². The molecule has 0 N–H and O–H groups in total. The molecule has 3 rings (SSSR count). The van der Waals surface area contributed by atoms with Crippen LogP contribution in [-0.4, -0.2) is 71.2 Å². The Labute approximate surface area is 166 Å². The third-order valence-corrected chi connectivity index (χ3v) is 6.66. The molecule has 0 aromatic heterocycles. The van der Waals surface area contributed by atoms with Crippen molar-refractivity contribution in [3.8, 4) is 17.2 Å². The Kier molecular flexibility index (Phi) is 6.77. The molecule has 152 valence electrons. The molecule has 0 unspecified atom stereocenters. The van der Waals surface area contributed by atoms with Gasteiger partial charge in [-0.25, -0.2) is 8.42 Å². The summed E-state index contributed by atoms with van der Waals surface area (Å²) in [6.45, 7) is 3.49. The van der Waals surface area contributed by atoms with Gasteiger partial charge in [-0.3, -0.25) is 4.90 Å². The van der Waals surface area contributed by atoms with E-state index in [4.69, 9.17) is 14.2 Å². The Hall–Kier alpha value is -2.29. The average Bonchev–Trinajstić information content (AvgIpc) is 2.74. The third kappa shape index (κ3) is 4.76. The van der Waals surface area contributed by atoms with Crippen LogP contribution in [0.3, 0.4) is 0 Å². The predicted molar refractivity (Wildman–Crippen MR) is 107 cm³/mol. The Morgan fingerprint density at radius 1 is 0.893 bits per heavy atom. The van der Waals surface area contributed by atoms with E-state index in [1.54, 1.807) is 12.1 Å². The summed E-state index contributed by atoms with van der Waals surface area (Å²) in [4.78, 5) is 2.34. The van der Waals surface area contributed by atoms with Crippen LogP contribution in [0, 0.1) is 0 Å². The molecule has 1 aliphatic heterocycles. The van der Waals surface area contributed by atoms with Crippen LogP contribution >= 0.6 is 0 Å². The molecular formula is C20H26N2O5S. The van der Waals surface area contributed by atoms with Crippen LogP contribution < -0.4 is 14.2 Å². The second-order valence-corrected chi connectivity index (χ2v) is 8.33. The summed E-state index contributed by atoms with van der Waals surface area (Å²) in [5, 5.41) is 0. The lowest BCUT2D eigenvalue weighted by Gasteiger charge is -2.34. The maximum atomic E-state index is 13.1. The highest BCUT2D eigenvalue weighted by molar-refractivity contribution is 7.89. The second-order valence-electron chi connectivity index (χ2n) is 6.42. The molecule has 0 radical (unpaired) electrons. The minimum absolute atomic E-state index is 0.134. The average molecular weight is 407 g/mol. The van der Waals surface area contributed by atoms with E-state index < -0.39 is 10.0 Å². The lowest BCUT2D eigenvalue weighted by molar-refractivity contribution is 0.158. The van der Waals surface area contributed by atoms with Gasteiger partial charge in [-0.2, -0.15) is 4.31 Å².